The van der Waals surface area contributed by atoms with Crippen LogP contribution < -0.4 is 19.5 Å². The number of unbranched alkanes of at least 4 members (excludes halogenated alkanes) is 1. The molecule has 1 aromatic heterocycles. The summed E-state index contributed by atoms with van der Waals surface area (Å²) in [5.74, 6) is -0.304. The first-order chi connectivity index (χ1) is 26.8. The maximum Gasteiger partial charge on any atom is 0.419 e. The van der Waals surface area contributed by atoms with Gasteiger partial charge in [0.25, 0.3) is 0 Å². The number of carbonyl (C=O) groups is 1. The van der Waals surface area contributed by atoms with Crippen LogP contribution in [-0.2, 0) is 30.6 Å². The van der Waals surface area contributed by atoms with E-state index in [1.807, 2.05) is 50.2 Å². The Kier molecular flexibility index (Phi) is 14.0. The zero-order valence-electron chi connectivity index (χ0n) is 31.6. The van der Waals surface area contributed by atoms with Crippen molar-refractivity contribution in [2.45, 2.75) is 72.4 Å². The maximum atomic E-state index is 14.3. The summed E-state index contributed by atoms with van der Waals surface area (Å²) < 4.78 is 60.8. The van der Waals surface area contributed by atoms with Gasteiger partial charge in [0.15, 0.2) is 0 Å². The molecule has 0 bridgehead atoms. The molecule has 292 valence electrons. The van der Waals surface area contributed by atoms with E-state index in [9.17, 15) is 18.0 Å². The van der Waals surface area contributed by atoms with Crippen LogP contribution in [0, 0.1) is 20.4 Å². The zero-order chi connectivity index (χ0) is 40.4. The minimum absolute atomic E-state index is 0.0597. The monoisotopic (exact) mass is 785 g/mol. The minimum Gasteiger partial charge on any atom is -0.492 e. The SMILES string of the molecule is [C-]#[N+]c1cncc(COc2cc(OCc3cccc(-c4cccc(-c5ccc(OCCN[C@@H](C)C(=O)O)c(C(F)(F)F)c5)c4C)c3C)c(Cl)cc2CCCC)c1. The van der Waals surface area contributed by atoms with Gasteiger partial charge in [-0.25, -0.2) is 4.85 Å². The van der Waals surface area contributed by atoms with Crippen LogP contribution in [0.2, 0.25) is 5.02 Å². The molecule has 2 N–H and O–H groups in total. The molecule has 4 aromatic carbocycles. The van der Waals surface area contributed by atoms with Gasteiger partial charge in [-0.1, -0.05) is 67.4 Å². The molecule has 0 aliphatic rings. The molecular formula is C44H43ClF3N3O5. The molecule has 56 heavy (non-hydrogen) atoms. The van der Waals surface area contributed by atoms with Gasteiger partial charge in [-0.15, -0.1) is 0 Å². The predicted molar refractivity (Wildman–Crippen MR) is 212 cm³/mol. The number of rotatable bonds is 17. The van der Waals surface area contributed by atoms with Crippen molar-refractivity contribution < 1.29 is 37.3 Å². The number of pyridine rings is 1. The lowest BCUT2D eigenvalue weighted by Gasteiger charge is -2.19. The molecule has 0 saturated heterocycles. The highest BCUT2D eigenvalue weighted by Gasteiger charge is 2.35. The van der Waals surface area contributed by atoms with Gasteiger partial charge in [0.2, 0.25) is 5.69 Å². The molecule has 0 unspecified atom stereocenters. The average Bonchev–Trinajstić information content (AvgIpc) is 3.18. The fourth-order valence-electron chi connectivity index (χ4n) is 6.25. The summed E-state index contributed by atoms with van der Waals surface area (Å²) in [7, 11) is 0. The first kappa shape index (κ1) is 41.6. The number of hydrogen-bond acceptors (Lipinski definition) is 6. The predicted octanol–water partition coefficient (Wildman–Crippen LogP) is 11.2. The third-order valence-corrected chi connectivity index (χ3v) is 9.74. The lowest BCUT2D eigenvalue weighted by atomic mass is 9.89. The second-order valence-corrected chi connectivity index (χ2v) is 13.8. The van der Waals surface area contributed by atoms with Crippen molar-refractivity contribution in [1.29, 1.82) is 0 Å². The summed E-state index contributed by atoms with van der Waals surface area (Å²) >= 11 is 6.74. The summed E-state index contributed by atoms with van der Waals surface area (Å²) in [6.45, 7) is 15.0. The normalized spacial score (nSPS) is 11.8. The third kappa shape index (κ3) is 10.4. The molecule has 1 heterocycles. The largest absolute Gasteiger partial charge is 0.492 e. The summed E-state index contributed by atoms with van der Waals surface area (Å²) in [4.78, 5) is 18.6. The van der Waals surface area contributed by atoms with Gasteiger partial charge in [-0.05, 0) is 108 Å². The number of benzene rings is 4. The van der Waals surface area contributed by atoms with Gasteiger partial charge in [0, 0.05) is 25.0 Å². The van der Waals surface area contributed by atoms with Gasteiger partial charge >= 0.3 is 12.1 Å². The Hall–Kier alpha value is -5.57. The number of alkyl halides is 3. The second-order valence-electron chi connectivity index (χ2n) is 13.4. The molecule has 0 radical (unpaired) electrons. The van der Waals surface area contributed by atoms with Crippen LogP contribution in [0.3, 0.4) is 0 Å². The molecule has 1 atom stereocenters. The number of aromatic nitrogens is 1. The molecule has 0 aliphatic heterocycles. The van der Waals surface area contributed by atoms with Gasteiger partial charge in [0.1, 0.15) is 43.1 Å². The van der Waals surface area contributed by atoms with Crippen LogP contribution >= 0.6 is 11.6 Å². The smallest absolute Gasteiger partial charge is 0.419 e. The van der Waals surface area contributed by atoms with Crippen LogP contribution in [0.15, 0.2) is 85.2 Å². The van der Waals surface area contributed by atoms with E-state index >= 15 is 0 Å². The van der Waals surface area contributed by atoms with Crippen molar-refractivity contribution in [2.24, 2.45) is 0 Å². The zero-order valence-corrected chi connectivity index (χ0v) is 32.4. The van der Waals surface area contributed by atoms with Crippen molar-refractivity contribution >= 4 is 23.3 Å². The van der Waals surface area contributed by atoms with E-state index < -0.39 is 23.8 Å². The number of aliphatic carboxylic acids is 1. The molecule has 0 saturated carbocycles. The van der Waals surface area contributed by atoms with Gasteiger partial charge < -0.3 is 24.6 Å². The molecule has 12 heteroatoms. The first-order valence-corrected chi connectivity index (χ1v) is 18.6. The number of nitrogens with zero attached hydrogens (tertiary/aromatic N) is 2. The van der Waals surface area contributed by atoms with Crippen molar-refractivity contribution in [3.63, 3.8) is 0 Å². The molecule has 0 amide bonds. The number of ether oxygens (including phenoxy) is 3. The molecule has 0 aliphatic carbocycles. The van der Waals surface area contributed by atoms with E-state index in [4.69, 9.17) is 37.5 Å². The highest BCUT2D eigenvalue weighted by Crippen LogP contribution is 2.41. The third-order valence-electron chi connectivity index (χ3n) is 9.45. The highest BCUT2D eigenvalue weighted by atomic mass is 35.5. The quantitative estimate of drug-likeness (QED) is 0.0716. The second kappa shape index (κ2) is 18.8. The van der Waals surface area contributed by atoms with Crippen LogP contribution in [0.5, 0.6) is 17.2 Å². The number of halogens is 4. The Balaban J connectivity index is 1.37. The summed E-state index contributed by atoms with van der Waals surface area (Å²) in [5, 5.41) is 12.2. The Morgan fingerprint density at radius 3 is 2.32 bits per heavy atom. The van der Waals surface area contributed by atoms with E-state index in [0.29, 0.717) is 33.3 Å². The molecule has 8 nitrogen and oxygen atoms in total. The first-order valence-electron chi connectivity index (χ1n) is 18.2. The molecule has 5 aromatic rings. The molecule has 0 fully saturated rings. The molecule has 0 spiro atoms. The number of carboxylic acids is 1. The number of nitrogens with one attached hydrogen (secondary N) is 1. The average molecular weight is 786 g/mol. The van der Waals surface area contributed by atoms with Gasteiger partial charge in [-0.3, -0.25) is 9.78 Å². The summed E-state index contributed by atoms with van der Waals surface area (Å²) in [5.41, 5.74) is 6.66. The van der Waals surface area contributed by atoms with Crippen molar-refractivity contribution in [1.82, 2.24) is 10.3 Å². The van der Waals surface area contributed by atoms with Gasteiger partial charge in [0.05, 0.1) is 17.2 Å². The fraction of sp³-hybridized carbons (Fsp3) is 0.295. The maximum absolute atomic E-state index is 14.3. The van der Waals surface area contributed by atoms with E-state index in [0.717, 1.165) is 64.3 Å². The Bertz CT molecular complexity index is 2220. The van der Waals surface area contributed by atoms with E-state index in [2.05, 4.69) is 22.1 Å². The van der Waals surface area contributed by atoms with Crippen molar-refractivity contribution in [3.8, 4) is 39.5 Å². The van der Waals surface area contributed by atoms with E-state index in [-0.39, 0.29) is 32.1 Å². The van der Waals surface area contributed by atoms with Gasteiger partial charge in [-0.2, -0.15) is 13.2 Å². The van der Waals surface area contributed by atoms with Crippen LogP contribution in [0.4, 0.5) is 18.9 Å². The summed E-state index contributed by atoms with van der Waals surface area (Å²) in [6.07, 6.45) is 1.21. The minimum atomic E-state index is -4.68. The number of carboxylic acid groups (broad SMARTS) is 1. The molecule has 5 rings (SSSR count). The highest BCUT2D eigenvalue weighted by molar-refractivity contribution is 6.32. The van der Waals surface area contributed by atoms with Crippen LogP contribution in [0.1, 0.15) is 60.1 Å². The number of aryl methyl sites for hydroxylation is 1. The lowest BCUT2D eigenvalue weighted by molar-refractivity contribution is -0.139. The van der Waals surface area contributed by atoms with E-state index in [1.165, 1.54) is 19.2 Å². The van der Waals surface area contributed by atoms with Crippen LogP contribution in [0.25, 0.3) is 27.1 Å². The fourth-order valence-corrected chi connectivity index (χ4v) is 6.50. The Morgan fingerprint density at radius 2 is 1.61 bits per heavy atom. The van der Waals surface area contributed by atoms with E-state index in [1.54, 1.807) is 30.5 Å². The van der Waals surface area contributed by atoms with Crippen molar-refractivity contribution in [3.05, 3.63) is 135 Å². The lowest BCUT2D eigenvalue weighted by Crippen LogP contribution is -2.36. The Morgan fingerprint density at radius 1 is 0.893 bits per heavy atom. The summed E-state index contributed by atoms with van der Waals surface area (Å²) in [6, 6.07) is 19.9. The topological polar surface area (TPSA) is 94.3 Å². The Labute approximate surface area is 330 Å². The standard InChI is InChI=1S/C44H43ClF3N3O5/c1-6-7-10-32-21-39(45)42(22-41(32)55-25-30-19-34(49-5)24-50-23-30)56-26-33-11-8-13-36(27(33)2)37-14-9-12-35(28(37)3)31-15-16-40(38(20-31)44(46,47)48)54-18-17-51-29(4)43(52)53/h8-9,11-16,19-24,29,51H,6-7,10,17-18,25-26H2,1-4H3,(H,52,53)/t29-/m0/s1. The van der Waals surface area contributed by atoms with Crippen molar-refractivity contribution in [2.75, 3.05) is 13.2 Å². The number of hydrogen-bond donors (Lipinski definition) is 2. The molecular weight excluding hydrogens is 743 g/mol. The van der Waals surface area contributed by atoms with Crippen LogP contribution in [-0.4, -0.2) is 35.3 Å².